The maximum atomic E-state index is 12.7. The van der Waals surface area contributed by atoms with E-state index in [1.807, 2.05) is 22.8 Å². The number of likely N-dealkylation sites (tertiary alicyclic amines) is 2. The van der Waals surface area contributed by atoms with Crippen molar-refractivity contribution in [3.63, 3.8) is 0 Å². The third kappa shape index (κ3) is 4.31. The predicted octanol–water partition coefficient (Wildman–Crippen LogP) is 1.69. The van der Waals surface area contributed by atoms with Gasteiger partial charge in [0.25, 0.3) is 0 Å². The van der Waals surface area contributed by atoms with Crippen LogP contribution in [0.4, 0.5) is 5.82 Å². The summed E-state index contributed by atoms with van der Waals surface area (Å²) in [6.07, 6.45) is 3.70. The zero-order chi connectivity index (χ0) is 18.7. The summed E-state index contributed by atoms with van der Waals surface area (Å²) >= 11 is 0. The fourth-order valence-electron chi connectivity index (χ4n) is 3.92. The molecule has 7 heteroatoms. The molecule has 26 heavy (non-hydrogen) atoms. The number of carbonyl (C=O) groups is 2. The van der Waals surface area contributed by atoms with E-state index in [-0.39, 0.29) is 17.9 Å². The molecule has 2 amide bonds. The van der Waals surface area contributed by atoms with Crippen LogP contribution in [0.3, 0.4) is 0 Å². The molecular formula is C19H29N5O2. The number of nitrogens with one attached hydrogen (secondary N) is 1. The van der Waals surface area contributed by atoms with Gasteiger partial charge in [0.2, 0.25) is 11.8 Å². The summed E-state index contributed by atoms with van der Waals surface area (Å²) in [5.41, 5.74) is 0. The van der Waals surface area contributed by atoms with Crippen molar-refractivity contribution in [2.75, 3.05) is 31.5 Å². The van der Waals surface area contributed by atoms with Gasteiger partial charge in [-0.3, -0.25) is 9.59 Å². The van der Waals surface area contributed by atoms with E-state index in [1.54, 1.807) is 6.20 Å². The molecule has 0 aliphatic carbocycles. The van der Waals surface area contributed by atoms with E-state index < -0.39 is 0 Å². The van der Waals surface area contributed by atoms with Crippen LogP contribution in [-0.4, -0.2) is 63.8 Å². The third-order valence-corrected chi connectivity index (χ3v) is 5.45. The smallest absolute Gasteiger partial charge is 0.224 e. The summed E-state index contributed by atoms with van der Waals surface area (Å²) in [6, 6.07) is 2.05. The van der Waals surface area contributed by atoms with Gasteiger partial charge in [0, 0.05) is 57.2 Å². The lowest BCUT2D eigenvalue weighted by Gasteiger charge is -2.23. The highest BCUT2D eigenvalue weighted by molar-refractivity contribution is 5.80. The van der Waals surface area contributed by atoms with Gasteiger partial charge in [0.1, 0.15) is 11.6 Å². The molecule has 0 saturated carbocycles. The molecule has 1 aromatic rings. The van der Waals surface area contributed by atoms with Crippen LogP contribution in [-0.2, 0) is 9.59 Å². The van der Waals surface area contributed by atoms with E-state index in [0.717, 1.165) is 31.2 Å². The van der Waals surface area contributed by atoms with Crippen molar-refractivity contribution in [3.05, 3.63) is 18.1 Å². The van der Waals surface area contributed by atoms with E-state index >= 15 is 0 Å². The minimum atomic E-state index is 0.138. The number of nitrogens with zero attached hydrogens (tertiary/aromatic N) is 4. The first-order valence-corrected chi connectivity index (χ1v) is 9.56. The number of aromatic nitrogens is 2. The number of rotatable bonds is 6. The molecule has 3 rings (SSSR count). The summed E-state index contributed by atoms with van der Waals surface area (Å²) in [6.45, 7) is 9.03. The lowest BCUT2D eigenvalue weighted by Crippen LogP contribution is -2.35. The van der Waals surface area contributed by atoms with Crippen molar-refractivity contribution in [2.24, 2.45) is 11.8 Å². The quantitative estimate of drug-likeness (QED) is 0.836. The highest BCUT2D eigenvalue weighted by Gasteiger charge is 2.37. The van der Waals surface area contributed by atoms with Gasteiger partial charge in [-0.1, -0.05) is 13.8 Å². The van der Waals surface area contributed by atoms with Crippen LogP contribution in [0.25, 0.3) is 0 Å². The van der Waals surface area contributed by atoms with E-state index in [0.29, 0.717) is 37.8 Å². The Bertz CT molecular complexity index is 663. The van der Waals surface area contributed by atoms with E-state index in [1.165, 1.54) is 0 Å². The first-order chi connectivity index (χ1) is 12.4. The highest BCUT2D eigenvalue weighted by Crippen LogP contribution is 2.27. The molecule has 2 saturated heterocycles. The second-order valence-electron chi connectivity index (χ2n) is 7.68. The minimum absolute atomic E-state index is 0.138. The second kappa shape index (κ2) is 8.01. The zero-order valence-corrected chi connectivity index (χ0v) is 15.9. The molecule has 3 heterocycles. The fourth-order valence-corrected chi connectivity index (χ4v) is 3.92. The predicted molar refractivity (Wildman–Crippen MR) is 99.5 cm³/mol. The van der Waals surface area contributed by atoms with Gasteiger partial charge in [-0.15, -0.1) is 0 Å². The van der Waals surface area contributed by atoms with E-state index in [9.17, 15) is 9.59 Å². The van der Waals surface area contributed by atoms with Gasteiger partial charge in [0.05, 0.1) is 0 Å². The van der Waals surface area contributed by atoms with Crippen LogP contribution in [0.1, 0.15) is 38.9 Å². The van der Waals surface area contributed by atoms with Crippen LogP contribution in [0, 0.1) is 18.8 Å². The Morgan fingerprint density at radius 1 is 1.38 bits per heavy atom. The SMILES string of the molecule is Cc1nccc(N[C@H]2CN(C(=O)CCN3CCCC3=O)C[C@@H]2C(C)C)n1. The van der Waals surface area contributed by atoms with Crippen LogP contribution < -0.4 is 5.32 Å². The van der Waals surface area contributed by atoms with Gasteiger partial charge in [-0.05, 0) is 25.3 Å². The maximum absolute atomic E-state index is 12.7. The lowest BCUT2D eigenvalue weighted by molar-refractivity contribution is -0.132. The molecule has 0 bridgehead atoms. The summed E-state index contributed by atoms with van der Waals surface area (Å²) in [5, 5.41) is 3.49. The van der Waals surface area contributed by atoms with E-state index in [4.69, 9.17) is 0 Å². The number of amides is 2. The molecule has 2 atom stereocenters. The average Bonchev–Trinajstić information content (AvgIpc) is 3.19. The third-order valence-electron chi connectivity index (χ3n) is 5.45. The fraction of sp³-hybridized carbons (Fsp3) is 0.684. The van der Waals surface area contributed by atoms with Gasteiger partial charge < -0.3 is 15.1 Å². The number of anilines is 1. The summed E-state index contributed by atoms with van der Waals surface area (Å²) in [4.78, 5) is 36.7. The Morgan fingerprint density at radius 3 is 2.85 bits per heavy atom. The number of aryl methyl sites for hydroxylation is 1. The van der Waals surface area contributed by atoms with Crippen molar-refractivity contribution in [2.45, 2.75) is 46.1 Å². The van der Waals surface area contributed by atoms with Gasteiger partial charge in [-0.25, -0.2) is 9.97 Å². The van der Waals surface area contributed by atoms with Crippen LogP contribution in [0.15, 0.2) is 12.3 Å². The molecule has 0 unspecified atom stereocenters. The van der Waals surface area contributed by atoms with Crippen molar-refractivity contribution in [1.82, 2.24) is 19.8 Å². The summed E-state index contributed by atoms with van der Waals surface area (Å²) in [5.74, 6) is 2.70. The standard InChI is InChI=1S/C19H29N5O2/c1-13(2)15-11-24(19(26)7-10-23-9-4-5-18(23)25)12-16(15)22-17-6-8-20-14(3)21-17/h6,8,13,15-16H,4-5,7,9-12H2,1-3H3,(H,20,21,22)/t15-,16+/m1/s1. The highest BCUT2D eigenvalue weighted by atomic mass is 16.2. The monoisotopic (exact) mass is 359 g/mol. The molecule has 0 aromatic carbocycles. The van der Waals surface area contributed by atoms with Crippen LogP contribution >= 0.6 is 0 Å². The molecule has 7 nitrogen and oxygen atoms in total. The van der Waals surface area contributed by atoms with Crippen molar-refractivity contribution in [1.29, 1.82) is 0 Å². The van der Waals surface area contributed by atoms with Crippen molar-refractivity contribution in [3.8, 4) is 0 Å². The van der Waals surface area contributed by atoms with E-state index in [2.05, 4.69) is 29.1 Å². The molecule has 1 aromatic heterocycles. The molecular weight excluding hydrogens is 330 g/mol. The second-order valence-corrected chi connectivity index (χ2v) is 7.68. The van der Waals surface area contributed by atoms with Crippen LogP contribution in [0.2, 0.25) is 0 Å². The molecule has 0 spiro atoms. The number of carbonyl (C=O) groups excluding carboxylic acids is 2. The molecule has 0 radical (unpaired) electrons. The number of hydrogen-bond acceptors (Lipinski definition) is 5. The summed E-state index contributed by atoms with van der Waals surface area (Å²) in [7, 11) is 0. The molecule has 1 N–H and O–H groups in total. The average molecular weight is 359 g/mol. The molecule has 142 valence electrons. The normalized spacial score (nSPS) is 23.2. The van der Waals surface area contributed by atoms with Gasteiger partial charge in [0.15, 0.2) is 0 Å². The molecule has 2 aliphatic heterocycles. The van der Waals surface area contributed by atoms with Gasteiger partial charge >= 0.3 is 0 Å². The zero-order valence-electron chi connectivity index (χ0n) is 15.9. The topological polar surface area (TPSA) is 78.4 Å². The first kappa shape index (κ1) is 18.6. The van der Waals surface area contributed by atoms with Crippen LogP contribution in [0.5, 0.6) is 0 Å². The molecule has 2 aliphatic rings. The Hall–Kier alpha value is -2.18. The largest absolute Gasteiger partial charge is 0.365 e. The van der Waals surface area contributed by atoms with Crippen molar-refractivity contribution < 1.29 is 9.59 Å². The lowest BCUT2D eigenvalue weighted by atomic mass is 9.91. The minimum Gasteiger partial charge on any atom is -0.365 e. The Balaban J connectivity index is 1.59. The maximum Gasteiger partial charge on any atom is 0.224 e. The molecule has 2 fully saturated rings. The van der Waals surface area contributed by atoms with Crippen molar-refractivity contribution >= 4 is 17.6 Å². The van der Waals surface area contributed by atoms with Gasteiger partial charge in [-0.2, -0.15) is 0 Å². The Morgan fingerprint density at radius 2 is 2.19 bits per heavy atom. The first-order valence-electron chi connectivity index (χ1n) is 9.56. The summed E-state index contributed by atoms with van der Waals surface area (Å²) < 4.78 is 0. The number of hydrogen-bond donors (Lipinski definition) is 1. The Kier molecular flexibility index (Phi) is 5.74. The Labute approximate surface area is 155 Å².